The number of carbonyl (C=O) groups is 2. The summed E-state index contributed by atoms with van der Waals surface area (Å²) >= 11 is 0. The fraction of sp³-hybridized carbons (Fsp3) is 0.300. The van der Waals surface area contributed by atoms with E-state index in [1.165, 1.54) is 4.90 Å². The topological polar surface area (TPSA) is 86.2 Å². The predicted molar refractivity (Wildman–Crippen MR) is 148 cm³/mol. The van der Waals surface area contributed by atoms with E-state index in [9.17, 15) is 14.7 Å². The van der Waals surface area contributed by atoms with Gasteiger partial charge in [-0.05, 0) is 86.6 Å². The number of hydrogen-bond donors (Lipinski definition) is 1. The van der Waals surface area contributed by atoms with Crippen molar-refractivity contribution < 1.29 is 19.4 Å². The molecule has 3 aromatic rings. The maximum atomic E-state index is 13.4. The first-order valence-electron chi connectivity index (χ1n) is 12.9. The molecule has 3 heterocycles. The van der Waals surface area contributed by atoms with Crippen LogP contribution in [0.15, 0.2) is 72.6 Å². The second-order valence-electron chi connectivity index (χ2n) is 9.67. The van der Waals surface area contributed by atoms with Crippen molar-refractivity contribution in [3.63, 3.8) is 0 Å². The number of amides is 1. The minimum atomic E-state index is -0.792. The average molecular weight is 513 g/mol. The molecule has 2 fully saturated rings. The lowest BCUT2D eigenvalue weighted by Gasteiger charge is -2.34. The molecule has 0 spiro atoms. The largest absolute Gasteiger partial charge is 0.507 e. The van der Waals surface area contributed by atoms with Crippen molar-refractivity contribution in [2.45, 2.75) is 19.9 Å². The van der Waals surface area contributed by atoms with E-state index in [2.05, 4.69) is 21.8 Å². The van der Waals surface area contributed by atoms with E-state index in [0.717, 1.165) is 37.4 Å². The molecule has 1 aromatic heterocycles. The van der Waals surface area contributed by atoms with Crippen LogP contribution in [0.3, 0.4) is 0 Å². The first kappa shape index (κ1) is 25.5. The molecule has 1 unspecified atom stereocenters. The fourth-order valence-electron chi connectivity index (χ4n) is 5.12. The normalized spacial score (nSPS) is 19.7. The molecule has 2 aliphatic rings. The summed E-state index contributed by atoms with van der Waals surface area (Å²) in [6.45, 7) is 8.14. The maximum Gasteiger partial charge on any atom is 0.300 e. The Morgan fingerprint density at radius 3 is 2.26 bits per heavy atom. The van der Waals surface area contributed by atoms with Gasteiger partial charge in [-0.2, -0.15) is 0 Å². The van der Waals surface area contributed by atoms with E-state index in [4.69, 9.17) is 4.74 Å². The van der Waals surface area contributed by atoms with Crippen LogP contribution in [0.5, 0.6) is 5.75 Å². The number of piperazine rings is 1. The van der Waals surface area contributed by atoms with E-state index in [1.807, 2.05) is 38.1 Å². The SMILES string of the molecule is CCOc1ccc(/C(O)=C2/C(=O)C(=O)N(c3ccc(N4CCN(C)CC4)cc3)C2c2ccncc2)cc1C. The van der Waals surface area contributed by atoms with Crippen molar-refractivity contribution in [2.75, 3.05) is 49.6 Å². The minimum Gasteiger partial charge on any atom is -0.507 e. The first-order valence-corrected chi connectivity index (χ1v) is 12.9. The van der Waals surface area contributed by atoms with Gasteiger partial charge in [-0.1, -0.05) is 0 Å². The Hall–Kier alpha value is -4.17. The Labute approximate surface area is 222 Å². The third-order valence-corrected chi connectivity index (χ3v) is 7.21. The Kier molecular flexibility index (Phi) is 7.15. The number of anilines is 2. The van der Waals surface area contributed by atoms with E-state index < -0.39 is 17.7 Å². The highest BCUT2D eigenvalue weighted by Gasteiger charge is 2.47. The molecule has 38 heavy (non-hydrogen) atoms. The molecule has 5 rings (SSSR count). The number of carbonyl (C=O) groups excluding carboxylic acids is 2. The van der Waals surface area contributed by atoms with E-state index in [-0.39, 0.29) is 11.3 Å². The highest BCUT2D eigenvalue weighted by molar-refractivity contribution is 6.51. The summed E-state index contributed by atoms with van der Waals surface area (Å²) in [5, 5.41) is 11.4. The number of benzene rings is 2. The van der Waals surface area contributed by atoms with Crippen LogP contribution < -0.4 is 14.5 Å². The van der Waals surface area contributed by atoms with Gasteiger partial charge in [0, 0.05) is 55.5 Å². The van der Waals surface area contributed by atoms with E-state index >= 15 is 0 Å². The van der Waals surface area contributed by atoms with Crippen molar-refractivity contribution in [3.8, 4) is 5.75 Å². The highest BCUT2D eigenvalue weighted by Crippen LogP contribution is 2.42. The van der Waals surface area contributed by atoms with Crippen LogP contribution in [0, 0.1) is 6.92 Å². The van der Waals surface area contributed by atoms with Crippen LogP contribution >= 0.6 is 0 Å². The van der Waals surface area contributed by atoms with Crippen molar-refractivity contribution in [2.24, 2.45) is 0 Å². The molecule has 0 bridgehead atoms. The molecule has 2 aliphatic heterocycles. The van der Waals surface area contributed by atoms with E-state index in [1.54, 1.807) is 42.7 Å². The van der Waals surface area contributed by atoms with Gasteiger partial charge in [0.25, 0.3) is 11.7 Å². The molecule has 0 aliphatic carbocycles. The summed E-state index contributed by atoms with van der Waals surface area (Å²) in [4.78, 5) is 37.0. The zero-order valence-corrected chi connectivity index (χ0v) is 21.9. The van der Waals surface area contributed by atoms with Crippen LogP contribution in [0.4, 0.5) is 11.4 Å². The summed E-state index contributed by atoms with van der Waals surface area (Å²) in [7, 11) is 2.12. The van der Waals surface area contributed by atoms with Gasteiger partial charge in [0.15, 0.2) is 0 Å². The molecule has 2 saturated heterocycles. The number of ether oxygens (including phenoxy) is 1. The molecule has 0 radical (unpaired) electrons. The Balaban J connectivity index is 1.55. The number of hydrogen-bond acceptors (Lipinski definition) is 7. The Morgan fingerprint density at radius 1 is 0.974 bits per heavy atom. The monoisotopic (exact) mass is 512 g/mol. The smallest absolute Gasteiger partial charge is 0.300 e. The van der Waals surface area contributed by atoms with Crippen molar-refractivity contribution in [3.05, 3.63) is 89.3 Å². The summed E-state index contributed by atoms with van der Waals surface area (Å²) in [5.41, 5.74) is 3.68. The van der Waals surface area contributed by atoms with Crippen molar-refractivity contribution in [1.29, 1.82) is 0 Å². The summed E-state index contributed by atoms with van der Waals surface area (Å²) in [6, 6.07) is 15.7. The average Bonchev–Trinajstić information content (AvgIpc) is 3.20. The molecule has 1 atom stereocenters. The third kappa shape index (κ3) is 4.75. The Bertz CT molecular complexity index is 1360. The number of aromatic nitrogens is 1. The standard InChI is InChI=1S/C30H32N4O4/c1-4-38-25-10-5-22(19-20(25)2)28(35)26-27(21-11-13-31-14-12-21)34(30(37)29(26)36)24-8-6-23(7-9-24)33-17-15-32(3)16-18-33/h5-14,19,27,35H,4,15-18H2,1-3H3/b28-26-. The number of Topliss-reactive ketones (excluding diaryl/α,β-unsaturated/α-hetero) is 1. The fourth-order valence-corrected chi connectivity index (χ4v) is 5.12. The number of pyridine rings is 1. The maximum absolute atomic E-state index is 13.4. The number of aliphatic hydroxyl groups excluding tert-OH is 1. The molecule has 8 nitrogen and oxygen atoms in total. The summed E-state index contributed by atoms with van der Waals surface area (Å²) in [5.74, 6) is -0.911. The molecule has 1 N–H and O–H groups in total. The summed E-state index contributed by atoms with van der Waals surface area (Å²) in [6.07, 6.45) is 3.24. The second-order valence-corrected chi connectivity index (χ2v) is 9.67. The first-order chi connectivity index (χ1) is 18.4. The number of likely N-dealkylation sites (N-methyl/N-ethyl adjacent to an activating group) is 1. The lowest BCUT2D eigenvalue weighted by Crippen LogP contribution is -2.44. The molecular formula is C30H32N4O4. The molecule has 8 heteroatoms. The van der Waals surface area contributed by atoms with Gasteiger partial charge in [0.05, 0.1) is 18.2 Å². The lowest BCUT2D eigenvalue weighted by molar-refractivity contribution is -0.132. The molecule has 196 valence electrons. The Morgan fingerprint density at radius 2 is 1.63 bits per heavy atom. The second kappa shape index (κ2) is 10.7. The van der Waals surface area contributed by atoms with E-state index in [0.29, 0.717) is 29.2 Å². The van der Waals surface area contributed by atoms with Gasteiger partial charge in [-0.15, -0.1) is 0 Å². The van der Waals surface area contributed by atoms with Gasteiger partial charge < -0.3 is 19.6 Å². The molecular weight excluding hydrogens is 480 g/mol. The number of aliphatic hydroxyl groups is 1. The van der Waals surface area contributed by atoms with Crippen LogP contribution in [0.25, 0.3) is 5.76 Å². The quantitative estimate of drug-likeness (QED) is 0.301. The van der Waals surface area contributed by atoms with Crippen LogP contribution in [-0.4, -0.2) is 66.5 Å². The molecule has 1 amide bonds. The number of aryl methyl sites for hydroxylation is 1. The van der Waals surface area contributed by atoms with Gasteiger partial charge >= 0.3 is 0 Å². The predicted octanol–water partition coefficient (Wildman–Crippen LogP) is 4.17. The van der Waals surface area contributed by atoms with Gasteiger partial charge in [-0.25, -0.2) is 0 Å². The summed E-state index contributed by atoms with van der Waals surface area (Å²) < 4.78 is 5.62. The minimum absolute atomic E-state index is 0.0490. The number of rotatable bonds is 6. The van der Waals surface area contributed by atoms with Crippen LogP contribution in [0.1, 0.15) is 29.7 Å². The molecule has 0 saturated carbocycles. The zero-order chi connectivity index (χ0) is 26.8. The van der Waals surface area contributed by atoms with Crippen molar-refractivity contribution >= 4 is 28.8 Å². The molecule has 2 aromatic carbocycles. The van der Waals surface area contributed by atoms with Crippen molar-refractivity contribution in [1.82, 2.24) is 9.88 Å². The van der Waals surface area contributed by atoms with Crippen LogP contribution in [0.2, 0.25) is 0 Å². The number of ketones is 1. The van der Waals surface area contributed by atoms with Crippen LogP contribution in [-0.2, 0) is 9.59 Å². The lowest BCUT2D eigenvalue weighted by atomic mass is 9.95. The highest BCUT2D eigenvalue weighted by atomic mass is 16.5. The zero-order valence-electron chi connectivity index (χ0n) is 21.9. The third-order valence-electron chi connectivity index (χ3n) is 7.21. The van der Waals surface area contributed by atoms with Gasteiger partial charge in [0.2, 0.25) is 0 Å². The van der Waals surface area contributed by atoms with Gasteiger partial charge in [-0.3, -0.25) is 19.5 Å². The van der Waals surface area contributed by atoms with Gasteiger partial charge in [0.1, 0.15) is 11.5 Å². The number of nitrogens with zero attached hydrogens (tertiary/aromatic N) is 4.